The Hall–Kier alpha value is -1.54. The van der Waals surface area contributed by atoms with Gasteiger partial charge in [0.05, 0.1) is 18.7 Å². The van der Waals surface area contributed by atoms with Gasteiger partial charge in [-0.05, 0) is 18.7 Å². The van der Waals surface area contributed by atoms with Crippen LogP contribution in [-0.2, 0) is 4.74 Å². The van der Waals surface area contributed by atoms with Crippen molar-refractivity contribution in [3.8, 4) is 17.6 Å². The van der Waals surface area contributed by atoms with Gasteiger partial charge in [0.25, 0.3) is 0 Å². The highest BCUT2D eigenvalue weighted by atomic mass is 16.5. The van der Waals surface area contributed by atoms with E-state index in [1.54, 1.807) is 0 Å². The molecule has 0 aliphatic carbocycles. The van der Waals surface area contributed by atoms with Crippen molar-refractivity contribution < 1.29 is 9.47 Å². The van der Waals surface area contributed by atoms with Crippen LogP contribution in [0.3, 0.4) is 0 Å². The minimum absolute atomic E-state index is 0.124. The summed E-state index contributed by atoms with van der Waals surface area (Å²) in [5, 5.41) is 0. The van der Waals surface area contributed by atoms with Crippen molar-refractivity contribution in [3.05, 3.63) is 29.8 Å². The summed E-state index contributed by atoms with van der Waals surface area (Å²) in [5.41, 5.74) is 6.28. The molecule has 0 amide bonds. The first kappa shape index (κ1) is 14.9. The smallest absolute Gasteiger partial charge is 0.135 e. The Morgan fingerprint density at radius 1 is 1.45 bits per heavy atom. The number of nitrogens with zero attached hydrogens (tertiary/aromatic N) is 1. The third-order valence-corrected chi connectivity index (χ3v) is 3.31. The zero-order chi connectivity index (χ0) is 14.2. The number of nitrogens with two attached hydrogens (primary N) is 1. The van der Waals surface area contributed by atoms with Crippen LogP contribution in [0.2, 0.25) is 0 Å². The predicted molar refractivity (Wildman–Crippen MR) is 79.7 cm³/mol. The fourth-order valence-corrected chi connectivity index (χ4v) is 2.19. The second-order valence-corrected chi connectivity index (χ2v) is 4.70. The van der Waals surface area contributed by atoms with Gasteiger partial charge >= 0.3 is 0 Å². The summed E-state index contributed by atoms with van der Waals surface area (Å²) in [7, 11) is 0. The molecule has 0 aromatic heterocycles. The Bertz CT molecular complexity index is 479. The Balaban J connectivity index is 1.93. The molecule has 1 aromatic carbocycles. The van der Waals surface area contributed by atoms with E-state index in [9.17, 15) is 0 Å². The monoisotopic (exact) mass is 274 g/mol. The quantitative estimate of drug-likeness (QED) is 0.835. The Labute approximate surface area is 120 Å². The van der Waals surface area contributed by atoms with E-state index in [0.717, 1.165) is 37.6 Å². The number of likely N-dealkylation sites (N-methyl/N-ethyl adjacent to an activating group) is 1. The first-order chi connectivity index (χ1) is 9.83. The van der Waals surface area contributed by atoms with E-state index in [1.807, 2.05) is 24.3 Å². The molecular formula is C16H22N2O2. The zero-order valence-electron chi connectivity index (χ0n) is 12.0. The number of para-hydroxylation sites is 1. The van der Waals surface area contributed by atoms with Crippen molar-refractivity contribution >= 4 is 0 Å². The molecule has 1 unspecified atom stereocenters. The third-order valence-electron chi connectivity index (χ3n) is 3.31. The number of ether oxygens (including phenoxy) is 2. The molecule has 4 heteroatoms. The molecule has 4 nitrogen and oxygen atoms in total. The number of hydrogen-bond donors (Lipinski definition) is 1. The highest BCUT2D eigenvalue weighted by molar-refractivity contribution is 5.45. The molecular weight excluding hydrogens is 252 g/mol. The van der Waals surface area contributed by atoms with Crippen molar-refractivity contribution in [2.45, 2.75) is 13.0 Å². The fourth-order valence-electron chi connectivity index (χ4n) is 2.19. The molecule has 20 heavy (non-hydrogen) atoms. The van der Waals surface area contributed by atoms with E-state index in [1.165, 1.54) is 0 Å². The highest BCUT2D eigenvalue weighted by Crippen LogP contribution is 2.17. The fraction of sp³-hybridized carbons (Fsp3) is 0.500. The minimum atomic E-state index is 0.124. The van der Waals surface area contributed by atoms with Crippen LogP contribution in [0.5, 0.6) is 5.75 Å². The first-order valence-corrected chi connectivity index (χ1v) is 7.08. The lowest BCUT2D eigenvalue weighted by molar-refractivity contribution is -0.0464. The van der Waals surface area contributed by atoms with Gasteiger partial charge in [-0.2, -0.15) is 0 Å². The molecule has 0 spiro atoms. The van der Waals surface area contributed by atoms with Crippen LogP contribution < -0.4 is 10.5 Å². The van der Waals surface area contributed by atoms with E-state index in [2.05, 4.69) is 23.7 Å². The van der Waals surface area contributed by atoms with E-state index in [-0.39, 0.29) is 6.10 Å². The summed E-state index contributed by atoms with van der Waals surface area (Å²) in [5.74, 6) is 6.68. The first-order valence-electron chi connectivity index (χ1n) is 7.08. The Morgan fingerprint density at radius 3 is 3.10 bits per heavy atom. The maximum atomic E-state index is 5.87. The summed E-state index contributed by atoms with van der Waals surface area (Å²) in [6.07, 6.45) is 0.124. The minimum Gasteiger partial charge on any atom is -0.490 e. The lowest BCUT2D eigenvalue weighted by atomic mass is 10.2. The molecule has 1 aromatic rings. The molecule has 2 N–H and O–H groups in total. The molecule has 0 bridgehead atoms. The average molecular weight is 274 g/mol. The van der Waals surface area contributed by atoms with Gasteiger partial charge in [0.15, 0.2) is 0 Å². The lowest BCUT2D eigenvalue weighted by Gasteiger charge is -2.31. The van der Waals surface area contributed by atoms with Crippen LogP contribution in [0.15, 0.2) is 24.3 Å². The number of morpholine rings is 1. The van der Waals surface area contributed by atoms with Gasteiger partial charge < -0.3 is 15.2 Å². The Kier molecular flexibility index (Phi) is 5.87. The van der Waals surface area contributed by atoms with Gasteiger partial charge in [-0.15, -0.1) is 0 Å². The van der Waals surface area contributed by atoms with Crippen molar-refractivity contribution in [2.75, 3.05) is 39.4 Å². The van der Waals surface area contributed by atoms with E-state index < -0.39 is 0 Å². The predicted octanol–water partition coefficient (Wildman–Crippen LogP) is 1.10. The van der Waals surface area contributed by atoms with Crippen LogP contribution in [0.1, 0.15) is 12.5 Å². The van der Waals surface area contributed by atoms with E-state index >= 15 is 0 Å². The standard InChI is InChI=1S/C16H22N2O2/c1-2-18-10-11-19-15(12-18)13-20-16-8-4-3-6-14(16)7-5-9-17/h3-4,6,8,15H,2,9-13,17H2,1H3. The zero-order valence-corrected chi connectivity index (χ0v) is 12.0. The van der Waals surface area contributed by atoms with Crippen LogP contribution in [0, 0.1) is 11.8 Å². The van der Waals surface area contributed by atoms with Crippen LogP contribution in [-0.4, -0.2) is 50.4 Å². The molecule has 2 rings (SSSR count). The molecule has 1 aliphatic heterocycles. The van der Waals surface area contributed by atoms with Gasteiger partial charge in [-0.3, -0.25) is 4.90 Å². The molecule has 1 heterocycles. The maximum absolute atomic E-state index is 5.87. The second-order valence-electron chi connectivity index (χ2n) is 4.70. The van der Waals surface area contributed by atoms with E-state index in [0.29, 0.717) is 13.2 Å². The van der Waals surface area contributed by atoms with Gasteiger partial charge in [-0.25, -0.2) is 0 Å². The second kappa shape index (κ2) is 7.91. The number of hydrogen-bond acceptors (Lipinski definition) is 4. The van der Waals surface area contributed by atoms with Crippen LogP contribution in [0.25, 0.3) is 0 Å². The molecule has 0 saturated carbocycles. The van der Waals surface area contributed by atoms with Gasteiger partial charge in [0.2, 0.25) is 0 Å². The summed E-state index contributed by atoms with van der Waals surface area (Å²) in [6.45, 7) is 6.83. The van der Waals surface area contributed by atoms with Crippen molar-refractivity contribution in [3.63, 3.8) is 0 Å². The van der Waals surface area contributed by atoms with E-state index in [4.69, 9.17) is 15.2 Å². The molecule has 108 valence electrons. The highest BCUT2D eigenvalue weighted by Gasteiger charge is 2.19. The molecule has 1 saturated heterocycles. The lowest BCUT2D eigenvalue weighted by Crippen LogP contribution is -2.44. The average Bonchev–Trinajstić information content (AvgIpc) is 2.52. The summed E-state index contributed by atoms with van der Waals surface area (Å²) >= 11 is 0. The molecule has 0 radical (unpaired) electrons. The van der Waals surface area contributed by atoms with Crippen LogP contribution in [0.4, 0.5) is 0 Å². The SMILES string of the molecule is CCN1CCOC(COc2ccccc2C#CCN)C1. The number of rotatable bonds is 4. The number of benzene rings is 1. The summed E-state index contributed by atoms with van der Waals surface area (Å²) in [6, 6.07) is 7.77. The van der Waals surface area contributed by atoms with Crippen LogP contribution >= 0.6 is 0 Å². The summed E-state index contributed by atoms with van der Waals surface area (Å²) in [4.78, 5) is 2.37. The van der Waals surface area contributed by atoms with Crippen molar-refractivity contribution in [1.29, 1.82) is 0 Å². The summed E-state index contributed by atoms with van der Waals surface area (Å²) < 4.78 is 11.6. The van der Waals surface area contributed by atoms with Gasteiger partial charge in [-0.1, -0.05) is 30.9 Å². The Morgan fingerprint density at radius 2 is 2.30 bits per heavy atom. The van der Waals surface area contributed by atoms with Gasteiger partial charge in [0.1, 0.15) is 18.5 Å². The normalized spacial score (nSPS) is 19.2. The molecule has 1 fully saturated rings. The molecule has 1 aliphatic rings. The van der Waals surface area contributed by atoms with Gasteiger partial charge in [0, 0.05) is 13.1 Å². The van der Waals surface area contributed by atoms with Crippen molar-refractivity contribution in [2.24, 2.45) is 5.73 Å². The maximum Gasteiger partial charge on any atom is 0.135 e. The topological polar surface area (TPSA) is 47.7 Å². The largest absolute Gasteiger partial charge is 0.490 e. The third kappa shape index (κ3) is 4.24. The van der Waals surface area contributed by atoms with Crippen molar-refractivity contribution in [1.82, 2.24) is 4.90 Å². The molecule has 1 atom stereocenters.